The monoisotopic (exact) mass is 539 g/mol. The molecule has 0 radical (unpaired) electrons. The maximum Gasteiger partial charge on any atom is 0.213 e. The number of nitrogens with zero attached hydrogens (tertiary/aromatic N) is 1. The van der Waals surface area contributed by atoms with Gasteiger partial charge in [-0.2, -0.15) is 0 Å². The van der Waals surface area contributed by atoms with Crippen LogP contribution in [0, 0.1) is 5.41 Å². The lowest BCUT2D eigenvalue weighted by molar-refractivity contribution is 0.195. The molecule has 0 aliphatic rings. The summed E-state index contributed by atoms with van der Waals surface area (Å²) in [6, 6.07) is 12.8. The molecule has 0 aliphatic heterocycles. The fourth-order valence-corrected chi connectivity index (χ4v) is 4.32. The van der Waals surface area contributed by atoms with E-state index >= 15 is 0 Å². The molecule has 1 atom stereocenters. The van der Waals surface area contributed by atoms with Gasteiger partial charge in [-0.15, -0.1) is 0 Å². The number of rotatable bonds is 15. The molecule has 2 rings (SSSR count). The second-order valence-electron chi connectivity index (χ2n) is 14.7. The molecule has 220 valence electrons. The quantitative estimate of drug-likeness (QED) is 0.227. The highest BCUT2D eigenvalue weighted by Gasteiger charge is 2.26. The zero-order valence-corrected chi connectivity index (χ0v) is 26.8. The van der Waals surface area contributed by atoms with E-state index in [1.54, 1.807) is 0 Å². The Morgan fingerprint density at radius 1 is 0.846 bits per heavy atom. The summed E-state index contributed by atoms with van der Waals surface area (Å²) in [5.41, 5.74) is 3.04. The van der Waals surface area contributed by atoms with Crippen molar-refractivity contribution >= 4 is 0 Å². The van der Waals surface area contributed by atoms with Crippen LogP contribution < -0.4 is 20.1 Å². The van der Waals surface area contributed by atoms with Crippen molar-refractivity contribution in [3.63, 3.8) is 0 Å². The number of aromatic nitrogens is 1. The van der Waals surface area contributed by atoms with E-state index < -0.39 is 0 Å². The molecule has 0 spiro atoms. The SMILES string of the molecule is C[C@@H](CNC(C)(C)C)Oc1cc(C(C)(C)CCC(C)(C)NCCOc2cccc(CCC(C)(C)C)c2)ccn1. The predicted octanol–water partition coefficient (Wildman–Crippen LogP) is 7.72. The Bertz CT molecular complexity index is 1000. The zero-order valence-electron chi connectivity index (χ0n) is 26.8. The molecule has 1 aromatic carbocycles. The standard InChI is InChI=1S/C34H57N3O2/c1-26(25-37-32(5,6)7)39-30-24-28(16-20-35-30)33(8,9)18-19-34(10,11)36-21-22-38-29-14-12-13-27(23-29)15-17-31(2,3)4/h12-14,16,20,23-24,26,36-37H,15,17-19,21-22,25H2,1-11H3/t26-/m0/s1. The Balaban J connectivity index is 1.82. The van der Waals surface area contributed by atoms with Gasteiger partial charge in [0.2, 0.25) is 5.88 Å². The Kier molecular flexibility index (Phi) is 11.9. The summed E-state index contributed by atoms with van der Waals surface area (Å²) in [6.07, 6.45) is 6.27. The van der Waals surface area contributed by atoms with E-state index in [1.165, 1.54) is 17.5 Å². The molecule has 1 heterocycles. The van der Waals surface area contributed by atoms with Crippen molar-refractivity contribution in [3.8, 4) is 11.6 Å². The lowest BCUT2D eigenvalue weighted by atomic mass is 9.78. The van der Waals surface area contributed by atoms with Crippen molar-refractivity contribution in [2.45, 2.75) is 124 Å². The summed E-state index contributed by atoms with van der Waals surface area (Å²) in [4.78, 5) is 4.47. The van der Waals surface area contributed by atoms with Gasteiger partial charge in [-0.05, 0) is 107 Å². The second kappa shape index (κ2) is 14.0. The molecule has 5 heteroatoms. The maximum atomic E-state index is 6.13. The van der Waals surface area contributed by atoms with Gasteiger partial charge in [-0.1, -0.05) is 46.8 Å². The third-order valence-corrected chi connectivity index (χ3v) is 7.17. The molecular weight excluding hydrogens is 482 g/mol. The van der Waals surface area contributed by atoms with Crippen LogP contribution in [-0.2, 0) is 11.8 Å². The number of nitrogens with one attached hydrogen (secondary N) is 2. The fourth-order valence-electron chi connectivity index (χ4n) is 4.32. The Morgan fingerprint density at radius 2 is 1.56 bits per heavy atom. The van der Waals surface area contributed by atoms with Crippen LogP contribution in [0.15, 0.2) is 42.6 Å². The molecule has 0 amide bonds. The van der Waals surface area contributed by atoms with Gasteiger partial charge in [-0.3, -0.25) is 0 Å². The summed E-state index contributed by atoms with van der Waals surface area (Å²) in [5, 5.41) is 7.20. The van der Waals surface area contributed by atoms with Gasteiger partial charge in [0.05, 0.1) is 0 Å². The molecular formula is C34H57N3O2. The van der Waals surface area contributed by atoms with E-state index in [1.807, 2.05) is 6.20 Å². The van der Waals surface area contributed by atoms with Gasteiger partial charge in [0.25, 0.3) is 0 Å². The first-order valence-corrected chi connectivity index (χ1v) is 14.8. The number of hydrogen-bond acceptors (Lipinski definition) is 5. The lowest BCUT2D eigenvalue weighted by Gasteiger charge is -2.32. The van der Waals surface area contributed by atoms with E-state index in [9.17, 15) is 0 Å². The highest BCUT2D eigenvalue weighted by molar-refractivity contribution is 5.29. The average Bonchev–Trinajstić information content (AvgIpc) is 2.83. The molecule has 0 fully saturated rings. The maximum absolute atomic E-state index is 6.13. The minimum Gasteiger partial charge on any atom is -0.492 e. The highest BCUT2D eigenvalue weighted by Crippen LogP contribution is 2.32. The van der Waals surface area contributed by atoms with Crippen molar-refractivity contribution < 1.29 is 9.47 Å². The van der Waals surface area contributed by atoms with Gasteiger partial charge >= 0.3 is 0 Å². The summed E-state index contributed by atoms with van der Waals surface area (Å²) in [5.74, 6) is 1.65. The molecule has 2 aromatic rings. The zero-order chi connectivity index (χ0) is 29.3. The summed E-state index contributed by atoms with van der Waals surface area (Å²) in [6.45, 7) is 26.9. The fraction of sp³-hybridized carbons (Fsp3) is 0.676. The van der Waals surface area contributed by atoms with Crippen LogP contribution in [0.3, 0.4) is 0 Å². The van der Waals surface area contributed by atoms with Crippen molar-refractivity contribution in [1.29, 1.82) is 0 Å². The first-order valence-electron chi connectivity index (χ1n) is 14.8. The molecule has 2 N–H and O–H groups in total. The van der Waals surface area contributed by atoms with E-state index in [0.717, 1.165) is 38.1 Å². The van der Waals surface area contributed by atoms with E-state index in [4.69, 9.17) is 9.47 Å². The van der Waals surface area contributed by atoms with Gasteiger partial charge in [0.1, 0.15) is 18.5 Å². The third kappa shape index (κ3) is 13.7. The minimum absolute atomic E-state index is 0.00862. The lowest BCUT2D eigenvalue weighted by Crippen LogP contribution is -2.42. The van der Waals surface area contributed by atoms with E-state index in [0.29, 0.717) is 17.9 Å². The number of pyridine rings is 1. The molecule has 39 heavy (non-hydrogen) atoms. The normalized spacial score (nSPS) is 13.8. The molecule has 0 saturated heterocycles. The van der Waals surface area contributed by atoms with Gasteiger partial charge in [0, 0.05) is 36.4 Å². The van der Waals surface area contributed by atoms with Crippen molar-refractivity contribution in [3.05, 3.63) is 53.7 Å². The summed E-state index contributed by atoms with van der Waals surface area (Å²) in [7, 11) is 0. The largest absolute Gasteiger partial charge is 0.492 e. The van der Waals surface area contributed by atoms with Crippen LogP contribution in [0.4, 0.5) is 0 Å². The number of aryl methyl sites for hydroxylation is 1. The molecule has 5 nitrogen and oxygen atoms in total. The molecule has 0 bridgehead atoms. The number of hydrogen-bond donors (Lipinski definition) is 2. The first kappa shape index (κ1) is 33.1. The van der Waals surface area contributed by atoms with E-state index in [2.05, 4.69) is 128 Å². The smallest absolute Gasteiger partial charge is 0.213 e. The highest BCUT2D eigenvalue weighted by atomic mass is 16.5. The number of ether oxygens (including phenoxy) is 2. The van der Waals surface area contributed by atoms with Crippen LogP contribution in [-0.4, -0.2) is 41.9 Å². The average molecular weight is 540 g/mol. The van der Waals surface area contributed by atoms with Crippen LogP contribution in [0.1, 0.15) is 107 Å². The Hall–Kier alpha value is -2.11. The minimum atomic E-state index is 0.00862. The third-order valence-electron chi connectivity index (χ3n) is 7.17. The second-order valence-corrected chi connectivity index (χ2v) is 14.7. The number of benzene rings is 1. The van der Waals surface area contributed by atoms with Crippen molar-refractivity contribution in [2.24, 2.45) is 5.41 Å². The first-order chi connectivity index (χ1) is 17.9. The van der Waals surface area contributed by atoms with Gasteiger partial charge in [0.15, 0.2) is 0 Å². The summed E-state index contributed by atoms with van der Waals surface area (Å²) >= 11 is 0. The van der Waals surface area contributed by atoms with E-state index in [-0.39, 0.29) is 22.6 Å². The predicted molar refractivity (Wildman–Crippen MR) is 166 cm³/mol. The Morgan fingerprint density at radius 3 is 2.23 bits per heavy atom. The van der Waals surface area contributed by atoms with Gasteiger partial charge in [-0.25, -0.2) is 4.98 Å². The van der Waals surface area contributed by atoms with Crippen LogP contribution in [0.2, 0.25) is 0 Å². The summed E-state index contributed by atoms with van der Waals surface area (Å²) < 4.78 is 12.2. The molecule has 0 saturated carbocycles. The van der Waals surface area contributed by atoms with Crippen LogP contribution >= 0.6 is 0 Å². The molecule has 1 aromatic heterocycles. The van der Waals surface area contributed by atoms with Gasteiger partial charge < -0.3 is 20.1 Å². The van der Waals surface area contributed by atoms with Crippen molar-refractivity contribution in [1.82, 2.24) is 15.6 Å². The molecule has 0 unspecified atom stereocenters. The topological polar surface area (TPSA) is 55.4 Å². The Labute approximate surface area is 239 Å². The van der Waals surface area contributed by atoms with Crippen LogP contribution in [0.5, 0.6) is 11.6 Å². The van der Waals surface area contributed by atoms with Crippen LogP contribution in [0.25, 0.3) is 0 Å². The van der Waals surface area contributed by atoms with Crippen molar-refractivity contribution in [2.75, 3.05) is 19.7 Å². The molecule has 0 aliphatic carbocycles.